The van der Waals surface area contributed by atoms with Gasteiger partial charge in [-0.2, -0.15) is 0 Å². The molecule has 5 heteroatoms. The molecular weight excluding hydrogens is 294 g/mol. The van der Waals surface area contributed by atoms with Gasteiger partial charge in [-0.05, 0) is 25.0 Å². The molecule has 1 saturated heterocycles. The van der Waals surface area contributed by atoms with Crippen LogP contribution in [0.15, 0.2) is 12.1 Å². The average molecular weight is 322 g/mol. The normalized spacial score (nSPS) is 30.4. The molecule has 0 aromatic heterocycles. The van der Waals surface area contributed by atoms with Crippen LogP contribution in [0.4, 0.5) is 0 Å². The van der Waals surface area contributed by atoms with Crippen LogP contribution in [0.25, 0.3) is 0 Å². The fourth-order valence-corrected chi connectivity index (χ4v) is 4.41. The SMILES string of the molecule is COc1cc([C@@H]2[NH2+]CC[C@@]3(O)CCCC[C@@H]23)cc(OC)c1OC. The van der Waals surface area contributed by atoms with Crippen molar-refractivity contribution >= 4 is 0 Å². The molecule has 0 spiro atoms. The summed E-state index contributed by atoms with van der Waals surface area (Å²) < 4.78 is 16.4. The number of rotatable bonds is 4. The first-order valence-corrected chi connectivity index (χ1v) is 8.48. The van der Waals surface area contributed by atoms with Crippen molar-refractivity contribution in [3.05, 3.63) is 17.7 Å². The summed E-state index contributed by atoms with van der Waals surface area (Å²) in [6, 6.07) is 4.30. The summed E-state index contributed by atoms with van der Waals surface area (Å²) >= 11 is 0. The van der Waals surface area contributed by atoms with Gasteiger partial charge in [0, 0.05) is 17.9 Å². The van der Waals surface area contributed by atoms with Gasteiger partial charge >= 0.3 is 0 Å². The van der Waals surface area contributed by atoms with Crippen LogP contribution in [-0.2, 0) is 0 Å². The molecule has 1 aromatic rings. The first-order chi connectivity index (χ1) is 11.1. The van der Waals surface area contributed by atoms with E-state index >= 15 is 0 Å². The maximum absolute atomic E-state index is 11.1. The minimum atomic E-state index is -0.516. The fraction of sp³-hybridized carbons (Fsp3) is 0.667. The zero-order chi connectivity index (χ0) is 16.4. The predicted octanol–water partition coefficient (Wildman–Crippen LogP) is 1.64. The molecule has 1 aromatic carbocycles. The third kappa shape index (κ3) is 2.88. The van der Waals surface area contributed by atoms with E-state index in [0.717, 1.165) is 37.8 Å². The number of fused-ring (bicyclic) bond motifs is 1. The lowest BCUT2D eigenvalue weighted by Crippen LogP contribution is -2.91. The summed E-state index contributed by atoms with van der Waals surface area (Å²) in [5.41, 5.74) is 0.627. The molecule has 0 amide bonds. The Morgan fingerprint density at radius 3 is 2.35 bits per heavy atom. The minimum absolute atomic E-state index is 0.239. The van der Waals surface area contributed by atoms with E-state index in [1.807, 2.05) is 12.1 Å². The monoisotopic (exact) mass is 322 g/mol. The molecule has 2 fully saturated rings. The maximum atomic E-state index is 11.1. The first-order valence-electron chi connectivity index (χ1n) is 8.48. The molecule has 0 unspecified atom stereocenters. The van der Waals surface area contributed by atoms with Crippen molar-refractivity contribution in [2.45, 2.75) is 43.7 Å². The van der Waals surface area contributed by atoms with E-state index < -0.39 is 5.60 Å². The van der Waals surface area contributed by atoms with E-state index in [2.05, 4.69) is 5.32 Å². The molecule has 3 atom stereocenters. The van der Waals surface area contributed by atoms with Gasteiger partial charge in [0.05, 0.1) is 33.5 Å². The van der Waals surface area contributed by atoms with Gasteiger partial charge in [0.15, 0.2) is 11.5 Å². The van der Waals surface area contributed by atoms with Crippen LogP contribution in [0.2, 0.25) is 0 Å². The molecule has 3 N–H and O–H groups in total. The highest BCUT2D eigenvalue weighted by Gasteiger charge is 2.48. The Morgan fingerprint density at radius 1 is 1.04 bits per heavy atom. The van der Waals surface area contributed by atoms with Crippen molar-refractivity contribution in [1.29, 1.82) is 0 Å². The van der Waals surface area contributed by atoms with Crippen molar-refractivity contribution in [3.8, 4) is 17.2 Å². The molecule has 1 aliphatic heterocycles. The molecule has 1 heterocycles. The Bertz CT molecular complexity index is 533. The Labute approximate surface area is 137 Å². The zero-order valence-electron chi connectivity index (χ0n) is 14.3. The summed E-state index contributed by atoms with van der Waals surface area (Å²) in [5.74, 6) is 2.27. The predicted molar refractivity (Wildman–Crippen MR) is 87.2 cm³/mol. The highest BCUT2D eigenvalue weighted by Crippen LogP contribution is 2.46. The second-order valence-corrected chi connectivity index (χ2v) is 6.71. The van der Waals surface area contributed by atoms with Gasteiger partial charge in [-0.15, -0.1) is 0 Å². The number of hydrogen-bond donors (Lipinski definition) is 2. The van der Waals surface area contributed by atoms with E-state index in [0.29, 0.717) is 17.2 Å². The van der Waals surface area contributed by atoms with Crippen LogP contribution in [0.3, 0.4) is 0 Å². The van der Waals surface area contributed by atoms with E-state index in [4.69, 9.17) is 14.2 Å². The standard InChI is InChI=1S/C18H27NO4/c1-21-14-10-12(11-15(22-2)17(14)23-3)16-13-6-4-5-7-18(13,20)8-9-19-16/h10-11,13,16,19-20H,4-9H2,1-3H3/p+1/t13-,16-,18-/m0/s1. The number of ether oxygens (including phenoxy) is 3. The van der Waals surface area contributed by atoms with Crippen molar-refractivity contribution in [2.75, 3.05) is 27.9 Å². The quantitative estimate of drug-likeness (QED) is 0.884. The molecular formula is C18H28NO4+. The fourth-order valence-electron chi connectivity index (χ4n) is 4.41. The van der Waals surface area contributed by atoms with E-state index in [1.165, 1.54) is 6.42 Å². The van der Waals surface area contributed by atoms with Gasteiger partial charge in [-0.3, -0.25) is 0 Å². The molecule has 2 aliphatic rings. The van der Waals surface area contributed by atoms with Crippen LogP contribution < -0.4 is 19.5 Å². The molecule has 3 rings (SSSR count). The Hall–Kier alpha value is -1.46. The van der Waals surface area contributed by atoms with E-state index in [-0.39, 0.29) is 12.0 Å². The van der Waals surface area contributed by atoms with Crippen LogP contribution in [-0.4, -0.2) is 38.6 Å². The Kier molecular flexibility index (Phi) is 4.69. The van der Waals surface area contributed by atoms with Crippen molar-refractivity contribution in [3.63, 3.8) is 0 Å². The molecule has 23 heavy (non-hydrogen) atoms. The highest BCUT2D eigenvalue weighted by molar-refractivity contribution is 5.54. The lowest BCUT2D eigenvalue weighted by molar-refractivity contribution is -0.719. The summed E-state index contributed by atoms with van der Waals surface area (Å²) in [4.78, 5) is 0. The summed E-state index contributed by atoms with van der Waals surface area (Å²) in [6.45, 7) is 0.953. The van der Waals surface area contributed by atoms with Crippen LogP contribution >= 0.6 is 0 Å². The summed E-state index contributed by atoms with van der Waals surface area (Å²) in [6.07, 6.45) is 5.22. The van der Waals surface area contributed by atoms with Gasteiger partial charge in [0.25, 0.3) is 0 Å². The molecule has 1 aliphatic carbocycles. The zero-order valence-corrected chi connectivity index (χ0v) is 14.3. The van der Waals surface area contributed by atoms with Gasteiger partial charge in [-0.1, -0.05) is 12.8 Å². The third-order valence-electron chi connectivity index (χ3n) is 5.57. The summed E-state index contributed by atoms with van der Waals surface area (Å²) in [7, 11) is 4.90. The average Bonchev–Trinajstić information content (AvgIpc) is 2.59. The molecule has 1 saturated carbocycles. The lowest BCUT2D eigenvalue weighted by atomic mass is 9.67. The molecule has 128 valence electrons. The van der Waals surface area contributed by atoms with Crippen LogP contribution in [0, 0.1) is 5.92 Å². The van der Waals surface area contributed by atoms with Crippen molar-refractivity contribution in [2.24, 2.45) is 5.92 Å². The van der Waals surface area contributed by atoms with Gasteiger partial charge in [-0.25, -0.2) is 0 Å². The summed E-state index contributed by atoms with van der Waals surface area (Å²) in [5, 5.41) is 13.4. The van der Waals surface area contributed by atoms with Crippen molar-refractivity contribution < 1.29 is 24.6 Å². The number of methoxy groups -OCH3 is 3. The third-order valence-corrected chi connectivity index (χ3v) is 5.57. The highest BCUT2D eigenvalue weighted by atomic mass is 16.5. The van der Waals surface area contributed by atoms with Crippen LogP contribution in [0.1, 0.15) is 43.7 Å². The van der Waals surface area contributed by atoms with Gasteiger partial charge < -0.3 is 24.6 Å². The van der Waals surface area contributed by atoms with Gasteiger partial charge in [0.2, 0.25) is 5.75 Å². The molecule has 0 radical (unpaired) electrons. The molecule has 5 nitrogen and oxygen atoms in total. The number of piperidine rings is 1. The smallest absolute Gasteiger partial charge is 0.203 e. The Morgan fingerprint density at radius 2 is 1.74 bits per heavy atom. The number of aliphatic hydroxyl groups is 1. The van der Waals surface area contributed by atoms with Crippen molar-refractivity contribution in [1.82, 2.24) is 0 Å². The number of nitrogens with two attached hydrogens (primary N) is 1. The lowest BCUT2D eigenvalue weighted by Gasteiger charge is -2.46. The topological polar surface area (TPSA) is 64.5 Å². The second-order valence-electron chi connectivity index (χ2n) is 6.71. The van der Waals surface area contributed by atoms with Crippen LogP contribution in [0.5, 0.6) is 17.2 Å². The Balaban J connectivity index is 2.00. The number of benzene rings is 1. The number of quaternary nitrogens is 1. The minimum Gasteiger partial charge on any atom is -0.493 e. The maximum Gasteiger partial charge on any atom is 0.203 e. The van der Waals surface area contributed by atoms with E-state index in [9.17, 15) is 5.11 Å². The van der Waals surface area contributed by atoms with Gasteiger partial charge in [0.1, 0.15) is 6.04 Å². The molecule has 0 bridgehead atoms. The van der Waals surface area contributed by atoms with E-state index in [1.54, 1.807) is 21.3 Å². The largest absolute Gasteiger partial charge is 0.493 e. The first kappa shape index (κ1) is 16.4. The second kappa shape index (κ2) is 6.57. The number of hydrogen-bond acceptors (Lipinski definition) is 4.